The number of likely N-dealkylation sites (N-methyl/N-ethyl adjacent to an activating group) is 1. The second-order valence-corrected chi connectivity index (χ2v) is 8.42. The number of halogens is 1. The van der Waals surface area contributed by atoms with Crippen molar-refractivity contribution in [2.75, 3.05) is 27.5 Å². The molecule has 0 saturated carbocycles. The number of rotatable bonds is 7. The number of ether oxygens (including phenoxy) is 3. The van der Waals surface area contributed by atoms with E-state index in [9.17, 15) is 13.2 Å². The summed E-state index contributed by atoms with van der Waals surface area (Å²) in [5.41, 5.74) is 2.97. The van der Waals surface area contributed by atoms with Gasteiger partial charge in [-0.05, 0) is 42.0 Å². The van der Waals surface area contributed by atoms with Crippen molar-refractivity contribution in [2.45, 2.75) is 4.90 Å². The normalized spacial score (nSPS) is 13.1. The molecule has 0 aliphatic carbocycles. The van der Waals surface area contributed by atoms with Gasteiger partial charge >= 0.3 is 0 Å². The van der Waals surface area contributed by atoms with Gasteiger partial charge in [0.15, 0.2) is 11.5 Å². The topological polar surface area (TPSA) is 107 Å². The van der Waals surface area contributed by atoms with Crippen molar-refractivity contribution in [3.8, 4) is 17.2 Å². The van der Waals surface area contributed by atoms with Crippen LogP contribution in [0.4, 0.5) is 0 Å². The molecule has 1 N–H and O–H groups in total. The minimum atomic E-state index is -3.92. The average Bonchev–Trinajstić information content (AvgIpc) is 3.15. The van der Waals surface area contributed by atoms with E-state index in [0.717, 1.165) is 4.31 Å². The molecule has 154 valence electrons. The van der Waals surface area contributed by atoms with Crippen LogP contribution >= 0.6 is 11.6 Å². The Balaban J connectivity index is 1.60. The first-order chi connectivity index (χ1) is 13.8. The van der Waals surface area contributed by atoms with Gasteiger partial charge in [0.05, 0.1) is 29.8 Å². The average molecular weight is 440 g/mol. The van der Waals surface area contributed by atoms with E-state index in [2.05, 4.69) is 10.5 Å². The molecule has 1 aliphatic heterocycles. The van der Waals surface area contributed by atoms with Crippen LogP contribution in [-0.4, -0.2) is 52.3 Å². The summed E-state index contributed by atoms with van der Waals surface area (Å²) >= 11 is 5.98. The van der Waals surface area contributed by atoms with Crippen LogP contribution in [0.25, 0.3) is 0 Å². The summed E-state index contributed by atoms with van der Waals surface area (Å²) in [5.74, 6) is 0.970. The molecule has 11 heteroatoms. The monoisotopic (exact) mass is 439 g/mol. The van der Waals surface area contributed by atoms with Crippen LogP contribution < -0.4 is 19.6 Å². The van der Waals surface area contributed by atoms with Crippen molar-refractivity contribution in [1.29, 1.82) is 0 Å². The molecule has 9 nitrogen and oxygen atoms in total. The number of carbonyl (C=O) groups is 1. The fraction of sp³-hybridized carbons (Fsp3) is 0.222. The SMILES string of the molecule is COc1ccc(S(=O)(=O)N(C)CC(=O)NN=Cc2ccc3c(c2)OCO3)cc1Cl. The third kappa shape index (κ3) is 4.78. The van der Waals surface area contributed by atoms with E-state index < -0.39 is 22.5 Å². The van der Waals surface area contributed by atoms with E-state index in [1.807, 2.05) is 0 Å². The predicted molar refractivity (Wildman–Crippen MR) is 106 cm³/mol. The fourth-order valence-corrected chi connectivity index (χ4v) is 3.96. The quantitative estimate of drug-likeness (QED) is 0.521. The van der Waals surface area contributed by atoms with Crippen molar-refractivity contribution in [3.05, 3.63) is 47.0 Å². The molecule has 1 aliphatic rings. The summed E-state index contributed by atoms with van der Waals surface area (Å²) in [4.78, 5) is 12.0. The highest BCUT2D eigenvalue weighted by molar-refractivity contribution is 7.89. The van der Waals surface area contributed by atoms with Gasteiger partial charge in [-0.2, -0.15) is 9.41 Å². The van der Waals surface area contributed by atoms with Gasteiger partial charge in [0, 0.05) is 7.05 Å². The molecule has 0 bridgehead atoms. The van der Waals surface area contributed by atoms with Crippen molar-refractivity contribution >= 4 is 33.7 Å². The number of amides is 1. The molecule has 0 radical (unpaired) electrons. The molecule has 0 spiro atoms. The lowest BCUT2D eigenvalue weighted by Crippen LogP contribution is -2.36. The molecule has 3 rings (SSSR count). The Labute approximate surface area is 172 Å². The first kappa shape index (κ1) is 20.9. The maximum atomic E-state index is 12.6. The van der Waals surface area contributed by atoms with E-state index in [0.29, 0.717) is 22.8 Å². The van der Waals surface area contributed by atoms with Gasteiger partial charge in [-0.15, -0.1) is 0 Å². The van der Waals surface area contributed by atoms with E-state index in [-0.39, 0.29) is 16.7 Å². The standard InChI is InChI=1S/C18H18ClN3O6S/c1-22(29(24,25)13-4-6-15(26-2)14(19)8-13)10-18(23)21-20-9-12-3-5-16-17(7-12)28-11-27-16/h3-9H,10-11H2,1-2H3,(H,21,23). The Morgan fingerprint density at radius 3 is 2.76 bits per heavy atom. The van der Waals surface area contributed by atoms with E-state index in [1.165, 1.54) is 38.6 Å². The lowest BCUT2D eigenvalue weighted by Gasteiger charge is -2.16. The second kappa shape index (κ2) is 8.68. The lowest BCUT2D eigenvalue weighted by atomic mass is 10.2. The number of benzene rings is 2. The summed E-state index contributed by atoms with van der Waals surface area (Å²) in [6.45, 7) is -0.267. The van der Waals surface area contributed by atoms with Gasteiger partial charge < -0.3 is 14.2 Å². The zero-order valence-electron chi connectivity index (χ0n) is 15.6. The van der Waals surface area contributed by atoms with Gasteiger partial charge in [0.2, 0.25) is 16.8 Å². The molecule has 0 fully saturated rings. The van der Waals surface area contributed by atoms with Crippen LogP contribution in [0.1, 0.15) is 5.56 Å². The molecule has 0 aromatic heterocycles. The van der Waals surface area contributed by atoms with Crippen molar-refractivity contribution in [3.63, 3.8) is 0 Å². The van der Waals surface area contributed by atoms with Gasteiger partial charge in [-0.1, -0.05) is 11.6 Å². The van der Waals surface area contributed by atoms with Crippen LogP contribution in [0.15, 0.2) is 46.4 Å². The largest absolute Gasteiger partial charge is 0.495 e. The number of carbonyl (C=O) groups excluding carboxylic acids is 1. The lowest BCUT2D eigenvalue weighted by molar-refractivity contribution is -0.121. The zero-order chi connectivity index (χ0) is 21.0. The van der Waals surface area contributed by atoms with Crippen LogP contribution in [0.3, 0.4) is 0 Å². The molecular weight excluding hydrogens is 422 g/mol. The fourth-order valence-electron chi connectivity index (χ4n) is 2.48. The summed E-state index contributed by atoms with van der Waals surface area (Å²) in [6.07, 6.45) is 1.41. The van der Waals surface area contributed by atoms with Gasteiger partial charge in [0.25, 0.3) is 5.91 Å². The third-order valence-electron chi connectivity index (χ3n) is 4.00. The van der Waals surface area contributed by atoms with Crippen molar-refractivity contribution in [2.24, 2.45) is 5.10 Å². The van der Waals surface area contributed by atoms with Crippen molar-refractivity contribution < 1.29 is 27.4 Å². The Hall–Kier alpha value is -2.82. The molecule has 0 atom stereocenters. The molecule has 2 aromatic rings. The summed E-state index contributed by atoms with van der Waals surface area (Å²) in [5, 5.41) is 3.98. The Bertz CT molecular complexity index is 1060. The van der Waals surface area contributed by atoms with Gasteiger partial charge in [0.1, 0.15) is 5.75 Å². The maximum absolute atomic E-state index is 12.6. The van der Waals surface area contributed by atoms with Crippen LogP contribution in [0.5, 0.6) is 17.2 Å². The van der Waals surface area contributed by atoms with Gasteiger partial charge in [-0.3, -0.25) is 4.79 Å². The first-order valence-electron chi connectivity index (χ1n) is 8.32. The predicted octanol–water partition coefficient (Wildman–Crippen LogP) is 1.85. The number of hydrogen-bond donors (Lipinski definition) is 1. The highest BCUT2D eigenvalue weighted by atomic mass is 35.5. The van der Waals surface area contributed by atoms with Crippen LogP contribution in [0, 0.1) is 0 Å². The molecule has 0 unspecified atom stereocenters. The van der Waals surface area contributed by atoms with E-state index >= 15 is 0 Å². The first-order valence-corrected chi connectivity index (χ1v) is 10.1. The van der Waals surface area contributed by atoms with E-state index in [1.54, 1.807) is 18.2 Å². The highest BCUT2D eigenvalue weighted by Gasteiger charge is 2.24. The Morgan fingerprint density at radius 1 is 1.28 bits per heavy atom. The number of methoxy groups -OCH3 is 1. The number of nitrogens with zero attached hydrogens (tertiary/aromatic N) is 2. The number of nitrogens with one attached hydrogen (secondary N) is 1. The third-order valence-corrected chi connectivity index (χ3v) is 6.09. The van der Waals surface area contributed by atoms with Crippen molar-refractivity contribution in [1.82, 2.24) is 9.73 Å². The minimum Gasteiger partial charge on any atom is -0.495 e. The number of fused-ring (bicyclic) bond motifs is 1. The maximum Gasteiger partial charge on any atom is 0.255 e. The Kier molecular flexibility index (Phi) is 6.26. The molecule has 1 amide bonds. The summed E-state index contributed by atoms with van der Waals surface area (Å²) in [6, 6.07) is 9.24. The molecule has 0 saturated heterocycles. The van der Waals surface area contributed by atoms with Gasteiger partial charge in [-0.25, -0.2) is 13.8 Å². The number of hydrazone groups is 1. The second-order valence-electron chi connectivity index (χ2n) is 5.96. The zero-order valence-corrected chi connectivity index (χ0v) is 17.2. The molecular formula is C18H18ClN3O6S. The highest BCUT2D eigenvalue weighted by Crippen LogP contribution is 2.32. The van der Waals surface area contributed by atoms with Crippen LogP contribution in [0.2, 0.25) is 5.02 Å². The molecule has 29 heavy (non-hydrogen) atoms. The smallest absolute Gasteiger partial charge is 0.255 e. The Morgan fingerprint density at radius 2 is 2.03 bits per heavy atom. The van der Waals surface area contributed by atoms with E-state index in [4.69, 9.17) is 25.8 Å². The summed E-state index contributed by atoms with van der Waals surface area (Å²) < 4.78 is 41.6. The molecule has 2 aromatic carbocycles. The molecule has 1 heterocycles. The van der Waals surface area contributed by atoms with Crippen LogP contribution in [-0.2, 0) is 14.8 Å². The minimum absolute atomic E-state index is 0.0533. The number of hydrogen-bond acceptors (Lipinski definition) is 7. The summed E-state index contributed by atoms with van der Waals surface area (Å²) in [7, 11) is -1.20. The number of sulfonamides is 1.